The number of aromatic nitrogens is 2. The topological polar surface area (TPSA) is 64.0 Å². The Labute approximate surface area is 186 Å². The molecule has 2 aromatic heterocycles. The Kier molecular flexibility index (Phi) is 5.70. The number of carbonyl (C=O) groups is 1. The molecule has 1 atom stereocenters. The van der Waals surface area contributed by atoms with E-state index in [2.05, 4.69) is 26.2 Å². The molecule has 0 spiro atoms. The summed E-state index contributed by atoms with van der Waals surface area (Å²) in [6.07, 6.45) is 1.60. The minimum absolute atomic E-state index is 0.233. The predicted molar refractivity (Wildman–Crippen MR) is 122 cm³/mol. The van der Waals surface area contributed by atoms with Gasteiger partial charge in [0, 0.05) is 17.6 Å². The van der Waals surface area contributed by atoms with Gasteiger partial charge in [-0.25, -0.2) is 4.98 Å². The lowest BCUT2D eigenvalue weighted by Crippen LogP contribution is -2.32. The number of fused-ring (bicyclic) bond motifs is 1. The highest BCUT2D eigenvalue weighted by atomic mass is 79.9. The molecule has 4 rings (SSSR count). The van der Waals surface area contributed by atoms with Gasteiger partial charge >= 0.3 is 0 Å². The number of pyridine rings is 2. The lowest BCUT2D eigenvalue weighted by atomic mass is 10.1. The van der Waals surface area contributed by atoms with Crippen LogP contribution in [-0.2, 0) is 0 Å². The molecule has 0 aliphatic rings. The summed E-state index contributed by atoms with van der Waals surface area (Å²) < 4.78 is 2.05. The zero-order valence-electron chi connectivity index (χ0n) is 16.0. The lowest BCUT2D eigenvalue weighted by Gasteiger charge is -2.21. The van der Waals surface area contributed by atoms with Crippen LogP contribution in [0.3, 0.4) is 0 Å². The van der Waals surface area contributed by atoms with Crippen LogP contribution in [0.4, 0.5) is 0 Å². The van der Waals surface area contributed by atoms with E-state index in [9.17, 15) is 9.59 Å². The molecule has 7 heteroatoms. The maximum Gasteiger partial charge on any atom is 0.264 e. The minimum atomic E-state index is -0.458. The molecule has 4 aromatic rings. The van der Waals surface area contributed by atoms with E-state index in [-0.39, 0.29) is 11.5 Å². The largest absolute Gasteiger partial charge is 0.344 e. The van der Waals surface area contributed by atoms with Gasteiger partial charge in [-0.3, -0.25) is 14.2 Å². The second-order valence-electron chi connectivity index (χ2n) is 6.79. The third-order valence-electron chi connectivity index (χ3n) is 4.83. The maximum absolute atomic E-state index is 13.4. The number of nitrogens with one attached hydrogen (secondary N) is 1. The summed E-state index contributed by atoms with van der Waals surface area (Å²) in [7, 11) is 0. The zero-order chi connectivity index (χ0) is 21.3. The second kappa shape index (κ2) is 8.42. The number of rotatable bonds is 4. The SMILES string of the molecule is C[C@H](NC(=O)c1cccnc1Br)c1cc2cccc(Cl)c2c(=O)n1-c1ccccc1. The van der Waals surface area contributed by atoms with Crippen molar-refractivity contribution in [2.24, 2.45) is 0 Å². The smallest absolute Gasteiger partial charge is 0.264 e. The number of hydrogen-bond acceptors (Lipinski definition) is 3. The summed E-state index contributed by atoms with van der Waals surface area (Å²) in [4.78, 5) is 30.3. The van der Waals surface area contributed by atoms with E-state index >= 15 is 0 Å². The molecule has 1 amide bonds. The Morgan fingerprint density at radius 3 is 2.60 bits per heavy atom. The number of amides is 1. The van der Waals surface area contributed by atoms with Crippen molar-refractivity contribution < 1.29 is 4.79 Å². The number of halogens is 2. The van der Waals surface area contributed by atoms with Crippen LogP contribution >= 0.6 is 27.5 Å². The van der Waals surface area contributed by atoms with Crippen molar-refractivity contribution in [1.29, 1.82) is 0 Å². The second-order valence-corrected chi connectivity index (χ2v) is 7.94. The monoisotopic (exact) mass is 481 g/mol. The van der Waals surface area contributed by atoms with Gasteiger partial charge in [-0.15, -0.1) is 0 Å². The summed E-state index contributed by atoms with van der Waals surface area (Å²) in [5, 5.41) is 4.53. The molecule has 0 unspecified atom stereocenters. The van der Waals surface area contributed by atoms with Gasteiger partial charge in [-0.2, -0.15) is 0 Å². The standard InChI is InChI=1S/C23H17BrClN3O2/c1-14(27-22(29)17-10-6-12-26-21(17)24)19-13-15-7-5-11-18(25)20(15)23(30)28(19)16-8-3-2-4-9-16/h2-14H,1H3,(H,27,29)/t14-/m0/s1. The summed E-state index contributed by atoms with van der Waals surface area (Å²) >= 11 is 9.64. The van der Waals surface area contributed by atoms with Gasteiger partial charge in [0.05, 0.1) is 22.0 Å². The third kappa shape index (κ3) is 3.76. The Morgan fingerprint density at radius 1 is 1.10 bits per heavy atom. The highest BCUT2D eigenvalue weighted by Crippen LogP contribution is 2.26. The first-order chi connectivity index (χ1) is 14.5. The molecule has 150 valence electrons. The molecular weight excluding hydrogens is 466 g/mol. The third-order valence-corrected chi connectivity index (χ3v) is 5.78. The predicted octanol–water partition coefficient (Wildman–Crippen LogP) is 5.29. The van der Waals surface area contributed by atoms with E-state index in [0.717, 1.165) is 5.39 Å². The summed E-state index contributed by atoms with van der Waals surface area (Å²) in [5.41, 5.74) is 1.53. The van der Waals surface area contributed by atoms with Crippen LogP contribution in [0.5, 0.6) is 0 Å². The zero-order valence-corrected chi connectivity index (χ0v) is 18.3. The molecule has 2 aromatic carbocycles. The van der Waals surface area contributed by atoms with E-state index in [1.165, 1.54) is 0 Å². The fourth-order valence-corrected chi connectivity index (χ4v) is 4.10. The van der Waals surface area contributed by atoms with Crippen molar-refractivity contribution in [3.8, 4) is 5.69 Å². The normalized spacial score (nSPS) is 12.0. The fourth-order valence-electron chi connectivity index (χ4n) is 3.41. The van der Waals surface area contributed by atoms with Crippen LogP contribution in [0.25, 0.3) is 16.5 Å². The molecule has 0 radical (unpaired) electrons. The number of hydrogen-bond donors (Lipinski definition) is 1. The first kappa shape index (κ1) is 20.3. The Hall–Kier alpha value is -2.96. The first-order valence-electron chi connectivity index (χ1n) is 9.28. The van der Waals surface area contributed by atoms with Crippen molar-refractivity contribution >= 4 is 44.2 Å². The maximum atomic E-state index is 13.4. The van der Waals surface area contributed by atoms with Crippen molar-refractivity contribution in [3.63, 3.8) is 0 Å². The van der Waals surface area contributed by atoms with Crippen molar-refractivity contribution in [2.75, 3.05) is 0 Å². The number of benzene rings is 2. The van der Waals surface area contributed by atoms with Crippen LogP contribution in [0.1, 0.15) is 29.0 Å². The average molecular weight is 483 g/mol. The van der Waals surface area contributed by atoms with E-state index in [0.29, 0.717) is 32.0 Å². The van der Waals surface area contributed by atoms with Crippen LogP contribution in [0, 0.1) is 0 Å². The minimum Gasteiger partial charge on any atom is -0.344 e. The molecule has 30 heavy (non-hydrogen) atoms. The van der Waals surface area contributed by atoms with E-state index in [1.807, 2.05) is 49.4 Å². The molecule has 0 bridgehead atoms. The molecular formula is C23H17BrClN3O2. The van der Waals surface area contributed by atoms with Crippen molar-refractivity contribution in [1.82, 2.24) is 14.9 Å². The Bertz CT molecular complexity index is 1310. The number of carbonyl (C=O) groups excluding carboxylic acids is 1. The van der Waals surface area contributed by atoms with E-state index < -0.39 is 6.04 Å². The molecule has 0 aliphatic carbocycles. The van der Waals surface area contributed by atoms with E-state index in [4.69, 9.17) is 11.6 Å². The van der Waals surface area contributed by atoms with Gasteiger partial charge in [0.15, 0.2) is 0 Å². The van der Waals surface area contributed by atoms with Crippen LogP contribution in [0.15, 0.2) is 82.3 Å². The van der Waals surface area contributed by atoms with Gasteiger partial charge in [0.1, 0.15) is 4.60 Å². The van der Waals surface area contributed by atoms with Crippen molar-refractivity contribution in [3.05, 3.63) is 104 Å². The van der Waals surface area contributed by atoms with Gasteiger partial charge in [-0.1, -0.05) is 41.9 Å². The van der Waals surface area contributed by atoms with E-state index in [1.54, 1.807) is 35.0 Å². The highest BCUT2D eigenvalue weighted by molar-refractivity contribution is 9.10. The average Bonchev–Trinajstić information content (AvgIpc) is 2.74. The van der Waals surface area contributed by atoms with Gasteiger partial charge in [-0.05, 0) is 64.6 Å². The van der Waals surface area contributed by atoms with Crippen LogP contribution in [-0.4, -0.2) is 15.5 Å². The first-order valence-corrected chi connectivity index (χ1v) is 10.5. The highest BCUT2D eigenvalue weighted by Gasteiger charge is 2.20. The summed E-state index contributed by atoms with van der Waals surface area (Å²) in [5.74, 6) is -0.291. The molecule has 0 saturated heterocycles. The Balaban J connectivity index is 1.86. The molecule has 5 nitrogen and oxygen atoms in total. The quantitative estimate of drug-likeness (QED) is 0.402. The Morgan fingerprint density at radius 2 is 1.87 bits per heavy atom. The van der Waals surface area contributed by atoms with Crippen LogP contribution < -0.4 is 10.9 Å². The number of nitrogens with zero attached hydrogens (tertiary/aromatic N) is 2. The fraction of sp³-hybridized carbons (Fsp3) is 0.0870. The van der Waals surface area contributed by atoms with Gasteiger partial charge in [0.25, 0.3) is 11.5 Å². The molecule has 1 N–H and O–H groups in total. The van der Waals surface area contributed by atoms with Gasteiger partial charge < -0.3 is 5.32 Å². The van der Waals surface area contributed by atoms with Crippen LogP contribution in [0.2, 0.25) is 5.02 Å². The summed E-state index contributed by atoms with van der Waals surface area (Å²) in [6.45, 7) is 1.84. The number of para-hydroxylation sites is 1. The van der Waals surface area contributed by atoms with Crippen molar-refractivity contribution in [2.45, 2.75) is 13.0 Å². The lowest BCUT2D eigenvalue weighted by molar-refractivity contribution is 0.0937. The summed E-state index contributed by atoms with van der Waals surface area (Å²) in [6, 6.07) is 19.4. The molecule has 2 heterocycles. The molecule has 0 fully saturated rings. The molecule has 0 aliphatic heterocycles. The van der Waals surface area contributed by atoms with Gasteiger partial charge in [0.2, 0.25) is 0 Å². The molecule has 0 saturated carbocycles.